The topological polar surface area (TPSA) is 111 Å². The summed E-state index contributed by atoms with van der Waals surface area (Å²) in [6.45, 7) is 6.88. The molecule has 0 radical (unpaired) electrons. The molecule has 0 spiro atoms. The van der Waals surface area contributed by atoms with Gasteiger partial charge in [0.1, 0.15) is 11.8 Å². The van der Waals surface area contributed by atoms with Crippen molar-refractivity contribution >= 4 is 17.8 Å². The Morgan fingerprint density at radius 1 is 1.21 bits per heavy atom. The number of ether oxygens (including phenoxy) is 2. The van der Waals surface area contributed by atoms with Gasteiger partial charge in [0.05, 0.1) is 12.7 Å². The number of likely N-dealkylation sites (N-methyl/N-ethyl adjacent to an activating group) is 1. The van der Waals surface area contributed by atoms with Crippen molar-refractivity contribution in [1.29, 1.82) is 0 Å². The Morgan fingerprint density at radius 3 is 2.52 bits per heavy atom. The van der Waals surface area contributed by atoms with E-state index in [1.165, 1.54) is 11.8 Å². The lowest BCUT2D eigenvalue weighted by atomic mass is 9.96. The Kier molecular flexibility index (Phi) is 6.10. The molecule has 0 fully saturated rings. The Balaban J connectivity index is 1.83. The summed E-state index contributed by atoms with van der Waals surface area (Å²) in [4.78, 5) is 26.2. The number of nitrogens with one attached hydrogen (secondary N) is 1. The molecule has 1 aromatic carbocycles. The van der Waals surface area contributed by atoms with E-state index >= 15 is 0 Å². The number of hydrogen-bond acceptors (Lipinski definition) is 8. The van der Waals surface area contributed by atoms with E-state index in [9.17, 15) is 9.59 Å². The highest BCUT2D eigenvalue weighted by molar-refractivity contribution is 5.92. The highest BCUT2D eigenvalue weighted by Crippen LogP contribution is 2.35. The quantitative estimate of drug-likeness (QED) is 0.694. The minimum Gasteiger partial charge on any atom is -0.484 e. The first-order valence-corrected chi connectivity index (χ1v) is 9.34. The van der Waals surface area contributed by atoms with Crippen LogP contribution in [0.2, 0.25) is 0 Å². The first-order chi connectivity index (χ1) is 14.0. The number of esters is 1. The zero-order valence-electron chi connectivity index (χ0n) is 16.9. The van der Waals surface area contributed by atoms with Gasteiger partial charge in [0, 0.05) is 18.8 Å². The van der Waals surface area contributed by atoms with Crippen molar-refractivity contribution in [2.75, 3.05) is 32.1 Å². The lowest BCUT2D eigenvalue weighted by Crippen LogP contribution is -2.34. The van der Waals surface area contributed by atoms with Gasteiger partial charge in [0.2, 0.25) is 5.95 Å². The predicted molar refractivity (Wildman–Crippen MR) is 104 cm³/mol. The largest absolute Gasteiger partial charge is 0.484 e. The van der Waals surface area contributed by atoms with Crippen LogP contribution in [0.3, 0.4) is 0 Å². The minimum absolute atomic E-state index is 0.0298. The number of carbonyl (C=O) groups is 2. The molecule has 2 heterocycles. The van der Waals surface area contributed by atoms with E-state index < -0.39 is 12.0 Å². The molecular weight excluding hydrogens is 376 g/mol. The van der Waals surface area contributed by atoms with Crippen LogP contribution in [-0.2, 0) is 14.3 Å². The number of nitrogens with zero attached hydrogens (tertiary/aromatic N) is 5. The van der Waals surface area contributed by atoms with Gasteiger partial charge >= 0.3 is 5.97 Å². The van der Waals surface area contributed by atoms with Crippen LogP contribution in [0.15, 0.2) is 35.5 Å². The highest BCUT2D eigenvalue weighted by Gasteiger charge is 2.34. The van der Waals surface area contributed by atoms with E-state index in [4.69, 9.17) is 9.47 Å². The number of aromatic nitrogens is 4. The van der Waals surface area contributed by atoms with E-state index in [1.807, 2.05) is 26.0 Å². The second-order valence-corrected chi connectivity index (χ2v) is 6.43. The molecule has 1 N–H and O–H groups in total. The first kappa shape index (κ1) is 20.3. The summed E-state index contributed by atoms with van der Waals surface area (Å²) in [5, 5.41) is 14.6. The second-order valence-electron chi connectivity index (χ2n) is 6.43. The van der Waals surface area contributed by atoms with E-state index in [1.54, 1.807) is 24.0 Å². The van der Waals surface area contributed by atoms with Crippen LogP contribution in [0.5, 0.6) is 5.75 Å². The van der Waals surface area contributed by atoms with Crippen LogP contribution in [0, 0.1) is 0 Å². The fraction of sp³-hybridized carbons (Fsp3) is 0.421. The Bertz CT molecular complexity index is 917. The van der Waals surface area contributed by atoms with Crippen molar-refractivity contribution in [2.24, 2.45) is 0 Å². The number of hydrogen-bond donors (Lipinski definition) is 1. The van der Waals surface area contributed by atoms with Crippen LogP contribution in [0.25, 0.3) is 0 Å². The average Bonchev–Trinajstić information content (AvgIpc) is 3.20. The van der Waals surface area contributed by atoms with Crippen molar-refractivity contribution in [3.05, 3.63) is 41.1 Å². The molecule has 3 rings (SSSR count). The molecule has 1 atom stereocenters. The first-order valence-electron chi connectivity index (χ1n) is 9.34. The SMILES string of the molecule is CCN(CC)C(=O)COc1ccc(C2C(C(=O)OC)=C(C)Nc3nnnn32)cc1. The second kappa shape index (κ2) is 8.72. The summed E-state index contributed by atoms with van der Waals surface area (Å²) in [6.07, 6.45) is 0. The summed E-state index contributed by atoms with van der Waals surface area (Å²) in [7, 11) is 1.33. The van der Waals surface area contributed by atoms with E-state index in [-0.39, 0.29) is 12.5 Å². The van der Waals surface area contributed by atoms with E-state index in [2.05, 4.69) is 20.8 Å². The van der Waals surface area contributed by atoms with Gasteiger partial charge in [-0.1, -0.05) is 17.2 Å². The molecule has 29 heavy (non-hydrogen) atoms. The monoisotopic (exact) mass is 400 g/mol. The molecule has 154 valence electrons. The fourth-order valence-corrected chi connectivity index (χ4v) is 3.25. The Hall–Kier alpha value is -3.43. The molecule has 0 aliphatic carbocycles. The predicted octanol–water partition coefficient (Wildman–Crippen LogP) is 1.38. The van der Waals surface area contributed by atoms with Gasteiger partial charge in [-0.15, -0.1) is 0 Å². The average molecular weight is 400 g/mol. The van der Waals surface area contributed by atoms with Gasteiger partial charge in [-0.2, -0.15) is 4.68 Å². The third-order valence-corrected chi connectivity index (χ3v) is 4.79. The molecule has 1 aliphatic rings. The molecular formula is C19H24N6O4. The standard InChI is InChI=1S/C19H24N6O4/c1-5-24(6-2)15(26)11-29-14-9-7-13(8-10-14)17-16(18(27)28-4)12(3)20-19-21-22-23-25(17)19/h7-10,17H,5-6,11H2,1-4H3,(H,20,21,23). The third kappa shape index (κ3) is 4.05. The lowest BCUT2D eigenvalue weighted by molar-refractivity contribution is -0.136. The van der Waals surface area contributed by atoms with Crippen molar-refractivity contribution in [3.63, 3.8) is 0 Å². The number of carbonyl (C=O) groups excluding carboxylic acids is 2. The highest BCUT2D eigenvalue weighted by atomic mass is 16.5. The van der Waals surface area contributed by atoms with Gasteiger partial charge in [-0.05, 0) is 48.9 Å². The zero-order chi connectivity index (χ0) is 21.0. The van der Waals surface area contributed by atoms with Crippen LogP contribution in [0.4, 0.5) is 5.95 Å². The number of amides is 1. The van der Waals surface area contributed by atoms with Crippen LogP contribution in [-0.4, -0.2) is 63.8 Å². The zero-order valence-corrected chi connectivity index (χ0v) is 16.9. The fourth-order valence-electron chi connectivity index (χ4n) is 3.25. The molecule has 1 aliphatic heterocycles. The van der Waals surface area contributed by atoms with Crippen LogP contribution < -0.4 is 10.1 Å². The number of allylic oxidation sites excluding steroid dienone is 1. The summed E-state index contributed by atoms with van der Waals surface area (Å²) in [6, 6.07) is 6.59. The lowest BCUT2D eigenvalue weighted by Gasteiger charge is -2.27. The molecule has 1 unspecified atom stereocenters. The number of benzene rings is 1. The van der Waals surface area contributed by atoms with Crippen molar-refractivity contribution in [1.82, 2.24) is 25.1 Å². The molecule has 1 amide bonds. The summed E-state index contributed by atoms with van der Waals surface area (Å²) >= 11 is 0. The van der Waals surface area contributed by atoms with Crippen molar-refractivity contribution in [3.8, 4) is 5.75 Å². The molecule has 1 aromatic heterocycles. The summed E-state index contributed by atoms with van der Waals surface area (Å²) in [5.74, 6) is 0.458. The normalized spacial score (nSPS) is 15.4. The maximum atomic E-state index is 12.4. The molecule has 10 heteroatoms. The molecule has 0 saturated heterocycles. The van der Waals surface area contributed by atoms with Gasteiger partial charge in [0.15, 0.2) is 6.61 Å². The van der Waals surface area contributed by atoms with Crippen molar-refractivity contribution < 1.29 is 19.1 Å². The summed E-state index contributed by atoms with van der Waals surface area (Å²) < 4.78 is 12.1. The summed E-state index contributed by atoms with van der Waals surface area (Å²) in [5.41, 5.74) is 1.81. The molecule has 2 aromatic rings. The molecule has 10 nitrogen and oxygen atoms in total. The minimum atomic E-state index is -0.542. The van der Waals surface area contributed by atoms with Gasteiger partial charge in [-0.3, -0.25) is 4.79 Å². The number of fused-ring (bicyclic) bond motifs is 1. The Morgan fingerprint density at radius 2 is 1.90 bits per heavy atom. The van der Waals surface area contributed by atoms with Gasteiger partial charge in [0.25, 0.3) is 5.91 Å². The van der Waals surface area contributed by atoms with Crippen LogP contribution in [0.1, 0.15) is 32.4 Å². The smallest absolute Gasteiger partial charge is 0.338 e. The molecule has 0 saturated carbocycles. The van der Waals surface area contributed by atoms with Crippen molar-refractivity contribution in [2.45, 2.75) is 26.8 Å². The van der Waals surface area contributed by atoms with E-state index in [0.29, 0.717) is 36.1 Å². The van der Waals surface area contributed by atoms with Gasteiger partial charge < -0.3 is 19.7 Å². The number of methoxy groups -OCH3 is 1. The van der Waals surface area contributed by atoms with Crippen LogP contribution >= 0.6 is 0 Å². The Labute approximate surface area is 168 Å². The third-order valence-electron chi connectivity index (χ3n) is 4.79. The maximum Gasteiger partial charge on any atom is 0.338 e. The van der Waals surface area contributed by atoms with Gasteiger partial charge in [-0.25, -0.2) is 4.79 Å². The maximum absolute atomic E-state index is 12.4. The van der Waals surface area contributed by atoms with E-state index in [0.717, 1.165) is 5.56 Å². The number of anilines is 1. The molecule has 0 bridgehead atoms. The number of rotatable bonds is 7. The number of tetrazole rings is 1.